The zero-order valence-electron chi connectivity index (χ0n) is 7.00. The van der Waals surface area contributed by atoms with Crippen molar-refractivity contribution in [1.29, 1.82) is 0 Å². The first-order valence-electron chi connectivity index (χ1n) is 3.91. The number of hydrogen-bond acceptors (Lipinski definition) is 2. The fraction of sp³-hybridized carbons (Fsp3) is 0. The number of fused-ring (bicyclic) bond motifs is 1. The molecule has 0 radical (unpaired) electrons. The lowest BCUT2D eigenvalue weighted by atomic mass is 10.1. The molecule has 0 saturated carbocycles. The molecule has 1 aromatic carbocycles. The Labute approximate surface area is 84.3 Å². The Morgan fingerprint density at radius 3 is 2.93 bits per heavy atom. The number of hydrogen-bond donors (Lipinski definition) is 0. The number of rotatable bonds is 1. The van der Waals surface area contributed by atoms with Crippen molar-refractivity contribution in [2.45, 2.75) is 0 Å². The lowest BCUT2D eigenvalue weighted by Gasteiger charge is -2.01. The van der Waals surface area contributed by atoms with E-state index in [-0.39, 0.29) is 5.56 Å². The van der Waals surface area contributed by atoms with Gasteiger partial charge in [0.1, 0.15) is 0 Å². The molecule has 0 spiro atoms. The Kier molecular flexibility index (Phi) is 2.17. The summed E-state index contributed by atoms with van der Waals surface area (Å²) in [6.45, 7) is 0. The third kappa shape index (κ3) is 1.36. The fourth-order valence-electron chi connectivity index (χ4n) is 1.28. The van der Waals surface area contributed by atoms with Crippen LogP contribution in [0.1, 0.15) is 10.4 Å². The molecule has 0 unspecified atom stereocenters. The maximum atomic E-state index is 13.1. The van der Waals surface area contributed by atoms with Crippen molar-refractivity contribution in [3.63, 3.8) is 0 Å². The number of halogens is 2. The topological polar surface area (TPSA) is 30.0 Å². The van der Waals surface area contributed by atoms with Gasteiger partial charge in [0, 0.05) is 10.4 Å². The van der Waals surface area contributed by atoms with Gasteiger partial charge in [-0.1, -0.05) is 17.7 Å². The van der Waals surface area contributed by atoms with Crippen LogP contribution < -0.4 is 0 Å². The molecule has 2 nitrogen and oxygen atoms in total. The molecule has 0 saturated heterocycles. The third-order valence-electron chi connectivity index (χ3n) is 1.94. The smallest absolute Gasteiger partial charge is 0.153 e. The van der Waals surface area contributed by atoms with E-state index in [9.17, 15) is 9.18 Å². The molecule has 0 N–H and O–H groups in total. The summed E-state index contributed by atoms with van der Waals surface area (Å²) >= 11 is 5.73. The van der Waals surface area contributed by atoms with Crippen molar-refractivity contribution in [1.82, 2.24) is 4.98 Å². The molecule has 1 heterocycles. The predicted octanol–water partition coefficient (Wildman–Crippen LogP) is 2.84. The molecule has 2 rings (SSSR count). The van der Waals surface area contributed by atoms with Gasteiger partial charge in [0.15, 0.2) is 12.1 Å². The number of aromatic nitrogens is 1. The highest BCUT2D eigenvalue weighted by Gasteiger charge is 2.07. The molecule has 2 aromatic rings. The van der Waals surface area contributed by atoms with Crippen LogP contribution >= 0.6 is 11.6 Å². The van der Waals surface area contributed by atoms with Gasteiger partial charge in [-0.05, 0) is 12.1 Å². The SMILES string of the molecule is O=Cc1c(F)cnc2cc(Cl)ccc12. The van der Waals surface area contributed by atoms with E-state index in [0.717, 1.165) is 6.20 Å². The molecular weight excluding hydrogens is 205 g/mol. The maximum absolute atomic E-state index is 13.1. The van der Waals surface area contributed by atoms with Crippen molar-refractivity contribution in [2.24, 2.45) is 0 Å². The van der Waals surface area contributed by atoms with E-state index < -0.39 is 5.82 Å². The molecule has 0 aliphatic carbocycles. The van der Waals surface area contributed by atoms with Crippen molar-refractivity contribution in [2.75, 3.05) is 0 Å². The average molecular weight is 210 g/mol. The van der Waals surface area contributed by atoms with Crippen molar-refractivity contribution in [3.05, 3.63) is 40.8 Å². The Morgan fingerprint density at radius 1 is 1.43 bits per heavy atom. The number of carbonyl (C=O) groups is 1. The molecule has 0 aliphatic rings. The highest BCUT2D eigenvalue weighted by molar-refractivity contribution is 6.31. The van der Waals surface area contributed by atoms with Crippen LogP contribution in [0.15, 0.2) is 24.4 Å². The normalized spacial score (nSPS) is 10.4. The summed E-state index contributed by atoms with van der Waals surface area (Å²) in [5.41, 5.74) is 0.535. The van der Waals surface area contributed by atoms with E-state index in [2.05, 4.69) is 4.98 Å². The third-order valence-corrected chi connectivity index (χ3v) is 2.18. The molecule has 0 amide bonds. The van der Waals surface area contributed by atoms with Crippen LogP contribution in [0.5, 0.6) is 0 Å². The Morgan fingerprint density at radius 2 is 2.21 bits per heavy atom. The van der Waals surface area contributed by atoms with Crippen LogP contribution in [0.4, 0.5) is 4.39 Å². The molecule has 0 bridgehead atoms. The zero-order valence-corrected chi connectivity index (χ0v) is 7.75. The first-order valence-corrected chi connectivity index (χ1v) is 4.29. The standard InChI is InChI=1S/C10H5ClFNO/c11-6-1-2-7-8(5-14)9(12)4-13-10(7)3-6/h1-5H. The molecule has 0 atom stereocenters. The predicted molar refractivity (Wildman–Crippen MR) is 52.1 cm³/mol. The summed E-state index contributed by atoms with van der Waals surface area (Å²) in [4.78, 5) is 14.5. The summed E-state index contributed by atoms with van der Waals surface area (Å²) in [5.74, 6) is -0.616. The molecule has 70 valence electrons. The van der Waals surface area contributed by atoms with Crippen LogP contribution in [0.25, 0.3) is 10.9 Å². The highest BCUT2D eigenvalue weighted by atomic mass is 35.5. The van der Waals surface area contributed by atoms with Crippen LogP contribution in [-0.4, -0.2) is 11.3 Å². The quantitative estimate of drug-likeness (QED) is 0.676. The first-order chi connectivity index (χ1) is 6.72. The van der Waals surface area contributed by atoms with E-state index in [1.165, 1.54) is 0 Å². The van der Waals surface area contributed by atoms with Crippen molar-refractivity contribution in [3.8, 4) is 0 Å². The largest absolute Gasteiger partial charge is 0.298 e. The Bertz CT molecular complexity index is 513. The summed E-state index contributed by atoms with van der Waals surface area (Å²) in [7, 11) is 0. The van der Waals surface area contributed by atoms with Gasteiger partial charge in [0.2, 0.25) is 0 Å². The summed E-state index contributed by atoms with van der Waals surface area (Å²) in [6, 6.07) is 4.76. The van der Waals surface area contributed by atoms with Crippen LogP contribution in [0, 0.1) is 5.82 Å². The molecule has 14 heavy (non-hydrogen) atoms. The molecule has 1 aromatic heterocycles. The number of carbonyl (C=O) groups excluding carboxylic acids is 1. The highest BCUT2D eigenvalue weighted by Crippen LogP contribution is 2.21. The van der Waals surface area contributed by atoms with Crippen LogP contribution in [-0.2, 0) is 0 Å². The zero-order chi connectivity index (χ0) is 10.1. The second-order valence-electron chi connectivity index (χ2n) is 2.80. The second-order valence-corrected chi connectivity index (χ2v) is 3.24. The average Bonchev–Trinajstić information content (AvgIpc) is 2.18. The van der Waals surface area contributed by atoms with Crippen LogP contribution in [0.2, 0.25) is 5.02 Å². The molecular formula is C10H5ClFNO. The minimum atomic E-state index is -0.616. The molecule has 4 heteroatoms. The van der Waals surface area contributed by atoms with Gasteiger partial charge in [-0.2, -0.15) is 0 Å². The first kappa shape index (κ1) is 9.09. The van der Waals surface area contributed by atoms with Gasteiger partial charge >= 0.3 is 0 Å². The van der Waals surface area contributed by atoms with E-state index in [4.69, 9.17) is 11.6 Å². The molecule has 0 fully saturated rings. The lowest BCUT2D eigenvalue weighted by Crippen LogP contribution is -1.92. The van der Waals surface area contributed by atoms with E-state index in [1.54, 1.807) is 18.2 Å². The summed E-state index contributed by atoms with van der Waals surface area (Å²) in [6.07, 6.45) is 1.50. The van der Waals surface area contributed by atoms with Crippen molar-refractivity contribution < 1.29 is 9.18 Å². The second kappa shape index (κ2) is 3.35. The minimum Gasteiger partial charge on any atom is -0.298 e. The van der Waals surface area contributed by atoms with Gasteiger partial charge < -0.3 is 0 Å². The number of pyridine rings is 1. The Hall–Kier alpha value is -1.48. The monoisotopic (exact) mass is 209 g/mol. The minimum absolute atomic E-state index is 0.0201. The fourth-order valence-corrected chi connectivity index (χ4v) is 1.45. The van der Waals surface area contributed by atoms with Gasteiger partial charge in [-0.25, -0.2) is 4.39 Å². The molecule has 0 aliphatic heterocycles. The lowest BCUT2D eigenvalue weighted by molar-refractivity contribution is 0.112. The van der Waals surface area contributed by atoms with Gasteiger partial charge in [-0.15, -0.1) is 0 Å². The van der Waals surface area contributed by atoms with Gasteiger partial charge in [0.05, 0.1) is 17.3 Å². The number of nitrogens with zero attached hydrogens (tertiary/aromatic N) is 1. The van der Waals surface area contributed by atoms with E-state index in [1.807, 2.05) is 0 Å². The Balaban J connectivity index is 2.88. The van der Waals surface area contributed by atoms with E-state index in [0.29, 0.717) is 22.2 Å². The maximum Gasteiger partial charge on any atom is 0.153 e. The van der Waals surface area contributed by atoms with E-state index >= 15 is 0 Å². The van der Waals surface area contributed by atoms with Gasteiger partial charge in [-0.3, -0.25) is 9.78 Å². The van der Waals surface area contributed by atoms with Gasteiger partial charge in [0.25, 0.3) is 0 Å². The van der Waals surface area contributed by atoms with Crippen molar-refractivity contribution >= 4 is 28.8 Å². The number of benzene rings is 1. The van der Waals surface area contributed by atoms with Crippen LogP contribution in [0.3, 0.4) is 0 Å². The summed E-state index contributed by atoms with van der Waals surface area (Å²) < 4.78 is 13.1. The summed E-state index contributed by atoms with van der Waals surface area (Å²) in [5, 5.41) is 0.984. The number of aldehydes is 1.